The summed E-state index contributed by atoms with van der Waals surface area (Å²) in [4.78, 5) is 38.5. The number of esters is 2. The van der Waals surface area contributed by atoms with Crippen molar-refractivity contribution < 1.29 is 54.5 Å². The van der Waals surface area contributed by atoms with Crippen LogP contribution in [-0.2, 0) is 23.9 Å². The predicted octanol–water partition coefficient (Wildman–Crippen LogP) is 1.22. The van der Waals surface area contributed by atoms with Gasteiger partial charge in [-0.25, -0.2) is 9.59 Å². The van der Waals surface area contributed by atoms with Gasteiger partial charge in [-0.1, -0.05) is 12.1 Å². The largest absolute Gasteiger partial charge is 0.504 e. The molecule has 212 valence electrons. The van der Waals surface area contributed by atoms with Crippen molar-refractivity contribution in [3.63, 3.8) is 0 Å². The van der Waals surface area contributed by atoms with E-state index in [1.165, 1.54) is 48.6 Å². The van der Waals surface area contributed by atoms with Gasteiger partial charge in [0.05, 0.1) is 6.10 Å². The molecule has 0 saturated heterocycles. The molecule has 1 amide bonds. The number of benzene rings is 2. The van der Waals surface area contributed by atoms with Crippen LogP contribution in [0.1, 0.15) is 36.8 Å². The number of nitrogens with one attached hydrogen (secondary N) is 1. The van der Waals surface area contributed by atoms with E-state index in [0.717, 1.165) is 25.0 Å². The van der Waals surface area contributed by atoms with Crippen LogP contribution >= 0.6 is 0 Å². The van der Waals surface area contributed by atoms with Crippen molar-refractivity contribution in [3.8, 4) is 23.0 Å². The Bertz CT molecular complexity index is 1350. The molecule has 0 aromatic heterocycles. The van der Waals surface area contributed by atoms with E-state index >= 15 is 0 Å². The number of carbonyl (C=O) groups excluding carboxylic acids is 3. The minimum atomic E-state index is -1.98. The van der Waals surface area contributed by atoms with Crippen LogP contribution in [0.4, 0.5) is 0 Å². The van der Waals surface area contributed by atoms with Crippen LogP contribution in [0.15, 0.2) is 48.6 Å². The summed E-state index contributed by atoms with van der Waals surface area (Å²) in [7, 11) is 0. The van der Waals surface area contributed by atoms with E-state index in [1.54, 1.807) is 0 Å². The second-order valence-corrected chi connectivity index (χ2v) is 9.77. The first-order chi connectivity index (χ1) is 19.0. The number of phenolic OH excluding ortho intramolecular Hbond substituents is 4. The fourth-order valence-electron chi connectivity index (χ4n) is 4.24. The lowest BCUT2D eigenvalue weighted by Crippen LogP contribution is -2.61. The van der Waals surface area contributed by atoms with Crippen LogP contribution in [0.3, 0.4) is 0 Å². The van der Waals surface area contributed by atoms with Gasteiger partial charge in [0, 0.05) is 31.0 Å². The molecule has 2 aromatic carbocycles. The maximum atomic E-state index is 13.3. The van der Waals surface area contributed by atoms with E-state index in [0.29, 0.717) is 11.1 Å². The molecule has 2 aliphatic rings. The van der Waals surface area contributed by atoms with Gasteiger partial charge in [0.1, 0.15) is 12.2 Å². The first-order valence-corrected chi connectivity index (χ1v) is 12.5. The molecule has 12 nitrogen and oxygen atoms in total. The number of amides is 1. The van der Waals surface area contributed by atoms with Crippen LogP contribution in [0.5, 0.6) is 23.0 Å². The van der Waals surface area contributed by atoms with Gasteiger partial charge in [0.25, 0.3) is 5.91 Å². The molecule has 4 rings (SSSR count). The average molecular weight is 556 g/mol. The Hall–Kier alpha value is -4.55. The SMILES string of the molecule is O=C(C=Cc1ccc(O)c(O)c1)O[C@@H]1C[C@](OC(=O)C=Cc2ccc(O)c(O)c2)(C(=O)NC2CC2)C[C@@H](O)[C@H]1O. The summed E-state index contributed by atoms with van der Waals surface area (Å²) in [5, 5.41) is 61.9. The van der Waals surface area contributed by atoms with E-state index in [2.05, 4.69) is 5.32 Å². The molecule has 12 heteroatoms. The average Bonchev–Trinajstić information content (AvgIpc) is 3.72. The molecule has 0 radical (unpaired) electrons. The van der Waals surface area contributed by atoms with Crippen molar-refractivity contribution in [2.75, 3.05) is 0 Å². The zero-order valence-electron chi connectivity index (χ0n) is 21.1. The molecule has 7 N–H and O–H groups in total. The molecule has 0 heterocycles. The summed E-state index contributed by atoms with van der Waals surface area (Å²) in [6.45, 7) is 0. The van der Waals surface area contributed by atoms with Crippen LogP contribution in [0.2, 0.25) is 0 Å². The van der Waals surface area contributed by atoms with Crippen LogP contribution < -0.4 is 5.32 Å². The summed E-state index contributed by atoms with van der Waals surface area (Å²) in [6, 6.07) is 7.59. The van der Waals surface area contributed by atoms with Crippen molar-refractivity contribution >= 4 is 30.0 Å². The number of aliphatic hydroxyl groups is 2. The summed E-state index contributed by atoms with van der Waals surface area (Å²) in [5.74, 6) is -4.11. The Labute approximate surface area is 228 Å². The van der Waals surface area contributed by atoms with Crippen LogP contribution in [0.25, 0.3) is 12.2 Å². The molecular formula is C28H29NO11. The Morgan fingerprint density at radius 1 is 0.800 bits per heavy atom. The third-order valence-corrected chi connectivity index (χ3v) is 6.56. The Morgan fingerprint density at radius 2 is 1.35 bits per heavy atom. The molecule has 4 atom stereocenters. The lowest BCUT2D eigenvalue weighted by atomic mass is 9.78. The second kappa shape index (κ2) is 11.7. The van der Waals surface area contributed by atoms with Crippen molar-refractivity contribution in [2.24, 2.45) is 0 Å². The highest BCUT2D eigenvalue weighted by atomic mass is 16.6. The van der Waals surface area contributed by atoms with Gasteiger partial charge in [0.15, 0.2) is 28.6 Å². The number of aliphatic hydroxyl groups excluding tert-OH is 2. The second-order valence-electron chi connectivity index (χ2n) is 9.77. The van der Waals surface area contributed by atoms with E-state index in [1.807, 2.05) is 0 Å². The molecule has 2 fully saturated rings. The molecule has 0 bridgehead atoms. The number of hydrogen-bond acceptors (Lipinski definition) is 11. The fourth-order valence-corrected chi connectivity index (χ4v) is 4.24. The molecule has 0 aliphatic heterocycles. The normalized spacial score (nSPS) is 24.6. The highest BCUT2D eigenvalue weighted by Crippen LogP contribution is 2.36. The lowest BCUT2D eigenvalue weighted by Gasteiger charge is -2.42. The van der Waals surface area contributed by atoms with Crippen molar-refractivity contribution in [3.05, 3.63) is 59.7 Å². The zero-order chi connectivity index (χ0) is 29.0. The number of ether oxygens (including phenoxy) is 2. The minimum absolute atomic E-state index is 0.131. The molecule has 0 unspecified atom stereocenters. The first kappa shape index (κ1) is 28.5. The lowest BCUT2D eigenvalue weighted by molar-refractivity contribution is -0.198. The topological polar surface area (TPSA) is 203 Å². The maximum absolute atomic E-state index is 13.3. The highest BCUT2D eigenvalue weighted by Gasteiger charge is 2.54. The number of carbonyl (C=O) groups is 3. The van der Waals surface area contributed by atoms with E-state index in [4.69, 9.17) is 9.47 Å². The van der Waals surface area contributed by atoms with E-state index in [-0.39, 0.29) is 17.5 Å². The minimum Gasteiger partial charge on any atom is -0.504 e. The van der Waals surface area contributed by atoms with Crippen molar-refractivity contribution in [1.82, 2.24) is 5.32 Å². The summed E-state index contributed by atoms with van der Waals surface area (Å²) in [6.07, 6.45) is 0.516. The third kappa shape index (κ3) is 6.90. The molecule has 2 aromatic rings. The first-order valence-electron chi connectivity index (χ1n) is 12.5. The Morgan fingerprint density at radius 3 is 1.88 bits per heavy atom. The summed E-state index contributed by atoms with van der Waals surface area (Å²) in [5.41, 5.74) is -1.27. The monoisotopic (exact) mass is 555 g/mol. The standard InChI is InChI=1S/C28H29NO11/c30-18-7-1-15(11-20(18)32)3-9-24(35)39-23-14-28(13-22(34)26(23)37,27(38)29-17-5-6-17)40-25(36)10-4-16-2-8-19(31)21(33)12-16/h1-4,7-12,17,22-23,26,30-34,37H,5-6,13-14H2,(H,29,38)/t22-,23-,26-,28+/m1/s1. The van der Waals surface area contributed by atoms with Crippen LogP contribution in [0, 0.1) is 0 Å². The van der Waals surface area contributed by atoms with Gasteiger partial charge in [-0.15, -0.1) is 0 Å². The van der Waals surface area contributed by atoms with E-state index in [9.17, 15) is 45.0 Å². The number of rotatable bonds is 8. The van der Waals surface area contributed by atoms with Gasteiger partial charge in [0.2, 0.25) is 0 Å². The maximum Gasteiger partial charge on any atom is 0.331 e. The molecular weight excluding hydrogens is 526 g/mol. The van der Waals surface area contributed by atoms with Gasteiger partial charge in [-0.05, 0) is 60.4 Å². The Kier molecular flexibility index (Phi) is 8.31. The highest BCUT2D eigenvalue weighted by molar-refractivity contribution is 5.93. The van der Waals surface area contributed by atoms with Crippen molar-refractivity contribution in [2.45, 2.75) is 55.6 Å². The van der Waals surface area contributed by atoms with Gasteiger partial charge in [-0.2, -0.15) is 0 Å². The molecule has 40 heavy (non-hydrogen) atoms. The molecule has 2 aliphatic carbocycles. The van der Waals surface area contributed by atoms with Gasteiger partial charge >= 0.3 is 11.9 Å². The quantitative estimate of drug-likeness (QED) is 0.140. The van der Waals surface area contributed by atoms with Crippen LogP contribution in [-0.4, -0.2) is 78.4 Å². The van der Waals surface area contributed by atoms with E-state index < -0.39 is 66.1 Å². The summed E-state index contributed by atoms with van der Waals surface area (Å²) < 4.78 is 10.9. The predicted molar refractivity (Wildman–Crippen MR) is 139 cm³/mol. The molecule has 2 saturated carbocycles. The van der Waals surface area contributed by atoms with Gasteiger partial charge in [-0.3, -0.25) is 4.79 Å². The third-order valence-electron chi connectivity index (χ3n) is 6.56. The fraction of sp³-hybridized carbons (Fsp3) is 0.321. The zero-order valence-corrected chi connectivity index (χ0v) is 21.1. The van der Waals surface area contributed by atoms with Gasteiger partial charge < -0.3 is 45.4 Å². The number of aromatic hydroxyl groups is 4. The number of hydrogen-bond donors (Lipinski definition) is 7. The van der Waals surface area contributed by atoms with Crippen molar-refractivity contribution in [1.29, 1.82) is 0 Å². The Balaban J connectivity index is 1.51. The smallest absolute Gasteiger partial charge is 0.331 e. The summed E-state index contributed by atoms with van der Waals surface area (Å²) >= 11 is 0. The number of phenols is 4. The molecule has 0 spiro atoms.